The zero-order valence-corrected chi connectivity index (χ0v) is 20.3. The van der Waals surface area contributed by atoms with Crippen molar-refractivity contribution in [3.05, 3.63) is 81.4 Å². The minimum absolute atomic E-state index is 0.0262. The van der Waals surface area contributed by atoms with Gasteiger partial charge in [-0.2, -0.15) is 0 Å². The summed E-state index contributed by atoms with van der Waals surface area (Å²) in [5.41, 5.74) is -0.678. The first kappa shape index (κ1) is 23.9. The van der Waals surface area contributed by atoms with Crippen LogP contribution in [-0.2, 0) is 24.1 Å². The Morgan fingerprint density at radius 3 is 1.91 bits per heavy atom. The molecule has 0 unspecified atom stereocenters. The number of aromatic nitrogens is 2. The number of nitrogens with one attached hydrogen (secondary N) is 1. The summed E-state index contributed by atoms with van der Waals surface area (Å²) in [4.78, 5) is 24.7. The Morgan fingerprint density at radius 1 is 0.743 bits per heavy atom. The first-order valence-electron chi connectivity index (χ1n) is 10.4. The van der Waals surface area contributed by atoms with Gasteiger partial charge in [-0.1, -0.05) is 6.07 Å². The third-order valence-electron chi connectivity index (χ3n) is 5.47. The van der Waals surface area contributed by atoms with E-state index < -0.39 is 21.1 Å². The van der Waals surface area contributed by atoms with E-state index in [2.05, 4.69) is 4.72 Å². The zero-order valence-electron chi connectivity index (χ0n) is 19.4. The lowest BCUT2D eigenvalue weighted by atomic mass is 10.2. The molecule has 1 N–H and O–H groups in total. The Bertz CT molecular complexity index is 1640. The first-order valence-corrected chi connectivity index (χ1v) is 11.9. The van der Waals surface area contributed by atoms with Crippen LogP contribution in [0.1, 0.15) is 0 Å². The van der Waals surface area contributed by atoms with Crippen LogP contribution in [0.15, 0.2) is 75.1 Å². The molecule has 182 valence electrons. The lowest BCUT2D eigenvalue weighted by molar-refractivity contribution is 0.413. The predicted molar refractivity (Wildman–Crippen MR) is 131 cm³/mol. The van der Waals surface area contributed by atoms with E-state index in [9.17, 15) is 18.0 Å². The van der Waals surface area contributed by atoms with Crippen LogP contribution in [0.5, 0.6) is 23.0 Å². The van der Waals surface area contributed by atoms with Gasteiger partial charge < -0.3 is 23.3 Å². The molecular formula is C24H23N3O7S. The van der Waals surface area contributed by atoms with Crippen molar-refractivity contribution in [1.82, 2.24) is 9.13 Å². The molecule has 0 saturated heterocycles. The van der Waals surface area contributed by atoms with Crippen molar-refractivity contribution in [2.24, 2.45) is 14.1 Å². The maximum Gasteiger partial charge on any atom is 0.316 e. The largest absolute Gasteiger partial charge is 0.497 e. The van der Waals surface area contributed by atoms with Gasteiger partial charge in [-0.15, -0.1) is 0 Å². The van der Waals surface area contributed by atoms with Crippen molar-refractivity contribution in [2.75, 3.05) is 18.9 Å². The van der Waals surface area contributed by atoms with E-state index in [4.69, 9.17) is 14.2 Å². The molecule has 4 aromatic rings. The van der Waals surface area contributed by atoms with Gasteiger partial charge in [0.05, 0.1) is 35.8 Å². The lowest BCUT2D eigenvalue weighted by Gasteiger charge is -2.17. The normalized spacial score (nSPS) is 11.3. The SMILES string of the molecule is COc1ccc(Oc2cc3c(cc2NS(=O)(=O)c2cccc(OC)c2)n(C)c(=O)c(=O)n3C)cc1. The summed E-state index contributed by atoms with van der Waals surface area (Å²) in [6, 6.07) is 15.6. The van der Waals surface area contributed by atoms with Gasteiger partial charge in [0.15, 0.2) is 5.75 Å². The highest BCUT2D eigenvalue weighted by Gasteiger charge is 2.20. The van der Waals surface area contributed by atoms with Crippen molar-refractivity contribution in [3.8, 4) is 23.0 Å². The van der Waals surface area contributed by atoms with Gasteiger partial charge >= 0.3 is 11.1 Å². The molecule has 3 aromatic carbocycles. The van der Waals surface area contributed by atoms with Crippen LogP contribution >= 0.6 is 0 Å². The topological polar surface area (TPSA) is 118 Å². The quantitative estimate of drug-likeness (QED) is 0.390. The van der Waals surface area contributed by atoms with Gasteiger partial charge in [0.2, 0.25) is 0 Å². The van der Waals surface area contributed by atoms with Crippen molar-refractivity contribution < 1.29 is 22.6 Å². The number of ether oxygens (including phenoxy) is 3. The summed E-state index contributed by atoms with van der Waals surface area (Å²) >= 11 is 0. The second-order valence-electron chi connectivity index (χ2n) is 7.63. The van der Waals surface area contributed by atoms with E-state index in [-0.39, 0.29) is 16.3 Å². The number of sulfonamides is 1. The van der Waals surface area contributed by atoms with Crippen LogP contribution in [-0.4, -0.2) is 31.8 Å². The molecule has 0 amide bonds. The second kappa shape index (κ2) is 9.18. The highest BCUT2D eigenvalue weighted by Crippen LogP contribution is 2.35. The van der Waals surface area contributed by atoms with Crippen molar-refractivity contribution in [2.45, 2.75) is 4.90 Å². The van der Waals surface area contributed by atoms with Gasteiger partial charge in [-0.3, -0.25) is 14.3 Å². The molecule has 11 heteroatoms. The van der Waals surface area contributed by atoms with E-state index in [1.54, 1.807) is 36.4 Å². The van der Waals surface area contributed by atoms with E-state index in [0.29, 0.717) is 28.3 Å². The molecule has 0 saturated carbocycles. The van der Waals surface area contributed by atoms with Gasteiger partial charge in [-0.05, 0) is 42.5 Å². The Balaban J connectivity index is 1.89. The number of hydrogen-bond acceptors (Lipinski definition) is 7. The average Bonchev–Trinajstić information content (AvgIpc) is 2.87. The fourth-order valence-corrected chi connectivity index (χ4v) is 4.60. The summed E-state index contributed by atoms with van der Waals surface area (Å²) in [6.45, 7) is 0. The van der Waals surface area contributed by atoms with Gasteiger partial charge in [0.1, 0.15) is 17.2 Å². The molecule has 0 aliphatic rings. The minimum atomic E-state index is -4.07. The number of rotatable bonds is 7. The molecule has 0 atom stereocenters. The Hall–Kier alpha value is -4.25. The number of hydrogen-bond donors (Lipinski definition) is 1. The van der Waals surface area contributed by atoms with Crippen molar-refractivity contribution in [3.63, 3.8) is 0 Å². The molecule has 4 rings (SSSR count). The smallest absolute Gasteiger partial charge is 0.316 e. The number of aryl methyl sites for hydroxylation is 2. The number of anilines is 1. The zero-order chi connectivity index (χ0) is 25.3. The monoisotopic (exact) mass is 497 g/mol. The fourth-order valence-electron chi connectivity index (χ4n) is 3.51. The molecule has 1 aromatic heterocycles. The van der Waals surface area contributed by atoms with E-state index >= 15 is 0 Å². The molecule has 10 nitrogen and oxygen atoms in total. The summed E-state index contributed by atoms with van der Waals surface area (Å²) in [5.74, 6) is 1.52. The van der Waals surface area contributed by atoms with Crippen LogP contribution in [0.25, 0.3) is 11.0 Å². The number of methoxy groups -OCH3 is 2. The summed E-state index contributed by atoms with van der Waals surface area (Å²) < 4.78 is 47.6. The van der Waals surface area contributed by atoms with Gasteiger partial charge in [-0.25, -0.2) is 8.42 Å². The fraction of sp³-hybridized carbons (Fsp3) is 0.167. The highest BCUT2D eigenvalue weighted by molar-refractivity contribution is 7.92. The number of nitrogens with zero attached hydrogens (tertiary/aromatic N) is 2. The summed E-state index contributed by atoms with van der Waals surface area (Å²) in [5, 5.41) is 0. The van der Waals surface area contributed by atoms with Crippen LogP contribution in [0.4, 0.5) is 5.69 Å². The molecule has 0 aliphatic heterocycles. The standard InChI is InChI=1S/C24H23N3O7S/c1-26-20-13-19(25-35(30,31)18-7-5-6-17(12-18)33-4)22(14-21(20)27(2)24(29)23(26)28)34-16-10-8-15(32-3)9-11-16/h5-14,25H,1-4H3. The molecule has 0 spiro atoms. The van der Waals surface area contributed by atoms with Crippen molar-refractivity contribution >= 4 is 26.7 Å². The Morgan fingerprint density at radius 2 is 1.31 bits per heavy atom. The summed E-state index contributed by atoms with van der Waals surface area (Å²) in [7, 11) is 1.81. The maximum atomic E-state index is 13.2. The Labute approximate surface area is 201 Å². The Kier molecular flexibility index (Phi) is 6.27. The highest BCUT2D eigenvalue weighted by atomic mass is 32.2. The lowest BCUT2D eigenvalue weighted by Crippen LogP contribution is -2.39. The third kappa shape index (κ3) is 4.58. The molecule has 0 bridgehead atoms. The first-order chi connectivity index (χ1) is 16.6. The molecule has 35 heavy (non-hydrogen) atoms. The van der Waals surface area contributed by atoms with E-state index in [1.165, 1.54) is 57.1 Å². The van der Waals surface area contributed by atoms with Crippen molar-refractivity contribution in [1.29, 1.82) is 0 Å². The van der Waals surface area contributed by atoms with Crippen LogP contribution < -0.4 is 30.1 Å². The summed E-state index contributed by atoms with van der Waals surface area (Å²) in [6.07, 6.45) is 0. The molecular weight excluding hydrogens is 474 g/mol. The minimum Gasteiger partial charge on any atom is -0.497 e. The molecule has 0 fully saturated rings. The van der Waals surface area contributed by atoms with E-state index in [0.717, 1.165) is 4.57 Å². The van der Waals surface area contributed by atoms with Crippen LogP contribution in [0, 0.1) is 0 Å². The average molecular weight is 498 g/mol. The van der Waals surface area contributed by atoms with Gasteiger partial charge in [0.25, 0.3) is 10.0 Å². The number of benzene rings is 3. The molecule has 0 aliphatic carbocycles. The second-order valence-corrected chi connectivity index (χ2v) is 9.31. The maximum absolute atomic E-state index is 13.2. The third-order valence-corrected chi connectivity index (χ3v) is 6.84. The van der Waals surface area contributed by atoms with Crippen LogP contribution in [0.2, 0.25) is 0 Å². The van der Waals surface area contributed by atoms with Gasteiger partial charge in [0, 0.05) is 26.2 Å². The molecule has 0 radical (unpaired) electrons. The van der Waals surface area contributed by atoms with E-state index in [1.807, 2.05) is 0 Å². The van der Waals surface area contributed by atoms with Crippen LogP contribution in [0.3, 0.4) is 0 Å². The number of fused-ring (bicyclic) bond motifs is 1. The predicted octanol–water partition coefficient (Wildman–Crippen LogP) is 2.85. The molecule has 1 heterocycles.